The van der Waals surface area contributed by atoms with Crippen molar-refractivity contribution in [2.45, 2.75) is 32.1 Å². The molecule has 1 heterocycles. The second-order valence-corrected chi connectivity index (χ2v) is 9.51. The van der Waals surface area contributed by atoms with Gasteiger partial charge in [0.1, 0.15) is 23.9 Å². The van der Waals surface area contributed by atoms with Crippen molar-refractivity contribution in [1.29, 1.82) is 0 Å². The summed E-state index contributed by atoms with van der Waals surface area (Å²) in [6, 6.07) is 25.5. The topological polar surface area (TPSA) is 52.9 Å². The summed E-state index contributed by atoms with van der Waals surface area (Å²) >= 11 is 0. The molecule has 0 atom stereocenters. The number of hydrogen-bond acceptors (Lipinski definition) is 4. The van der Waals surface area contributed by atoms with E-state index >= 15 is 0 Å². The summed E-state index contributed by atoms with van der Waals surface area (Å²) in [5.74, 6) is 1.44. The van der Waals surface area contributed by atoms with E-state index in [9.17, 15) is 10.2 Å². The third kappa shape index (κ3) is 5.95. The average molecular weight is 468 g/mol. The van der Waals surface area contributed by atoms with E-state index in [4.69, 9.17) is 4.74 Å². The molecular formula is C31H33NO3. The third-order valence-corrected chi connectivity index (χ3v) is 6.92. The molecule has 0 spiro atoms. The first-order chi connectivity index (χ1) is 17.1. The predicted molar refractivity (Wildman–Crippen MR) is 142 cm³/mol. The van der Waals surface area contributed by atoms with Gasteiger partial charge in [0, 0.05) is 6.54 Å². The molecule has 35 heavy (non-hydrogen) atoms. The van der Waals surface area contributed by atoms with Crippen molar-refractivity contribution >= 4 is 10.8 Å². The zero-order valence-corrected chi connectivity index (χ0v) is 20.1. The van der Waals surface area contributed by atoms with E-state index in [1.807, 2.05) is 36.4 Å². The fourth-order valence-corrected chi connectivity index (χ4v) is 4.98. The van der Waals surface area contributed by atoms with Crippen LogP contribution in [0.3, 0.4) is 0 Å². The van der Waals surface area contributed by atoms with Crippen molar-refractivity contribution in [3.63, 3.8) is 0 Å². The number of rotatable bonds is 7. The van der Waals surface area contributed by atoms with Gasteiger partial charge in [-0.3, -0.25) is 4.90 Å². The molecule has 1 aliphatic rings. The molecule has 0 bridgehead atoms. The van der Waals surface area contributed by atoms with Gasteiger partial charge in [0.2, 0.25) is 0 Å². The lowest BCUT2D eigenvalue weighted by atomic mass is 9.93. The van der Waals surface area contributed by atoms with Crippen LogP contribution in [-0.2, 0) is 6.42 Å². The maximum Gasteiger partial charge on any atom is 0.119 e. The van der Waals surface area contributed by atoms with Gasteiger partial charge in [0.15, 0.2) is 0 Å². The highest BCUT2D eigenvalue weighted by atomic mass is 16.5. The van der Waals surface area contributed by atoms with Gasteiger partial charge in [0.05, 0.1) is 0 Å². The molecular weight excluding hydrogens is 434 g/mol. The van der Waals surface area contributed by atoms with Crippen molar-refractivity contribution in [3.8, 4) is 28.4 Å². The Kier molecular flexibility index (Phi) is 7.20. The van der Waals surface area contributed by atoms with Gasteiger partial charge in [-0.2, -0.15) is 0 Å². The molecule has 4 heteroatoms. The molecule has 180 valence electrons. The summed E-state index contributed by atoms with van der Waals surface area (Å²) in [7, 11) is 0. The summed E-state index contributed by atoms with van der Waals surface area (Å²) in [4.78, 5) is 2.51. The number of phenolic OH excluding ortho intramolecular Hbond substituents is 2. The summed E-state index contributed by atoms with van der Waals surface area (Å²) in [5.41, 5.74) is 4.42. The molecule has 4 aromatic rings. The Hall–Kier alpha value is -3.50. The molecule has 1 fully saturated rings. The van der Waals surface area contributed by atoms with E-state index in [0.717, 1.165) is 46.4 Å². The quantitative estimate of drug-likeness (QED) is 0.315. The molecule has 0 unspecified atom stereocenters. The minimum absolute atomic E-state index is 0.267. The fourth-order valence-electron chi connectivity index (χ4n) is 4.98. The first kappa shape index (κ1) is 23.3. The van der Waals surface area contributed by atoms with Gasteiger partial charge in [-0.05, 0) is 108 Å². The van der Waals surface area contributed by atoms with Crippen LogP contribution in [0.25, 0.3) is 21.9 Å². The molecule has 5 rings (SSSR count). The molecule has 1 saturated heterocycles. The Morgan fingerprint density at radius 2 is 1.37 bits per heavy atom. The van der Waals surface area contributed by atoms with E-state index in [1.54, 1.807) is 18.2 Å². The lowest BCUT2D eigenvalue weighted by Gasteiger charge is -2.19. The number of ether oxygens (including phenoxy) is 1. The molecule has 0 amide bonds. The van der Waals surface area contributed by atoms with Crippen molar-refractivity contribution < 1.29 is 14.9 Å². The van der Waals surface area contributed by atoms with Crippen molar-refractivity contribution in [1.82, 2.24) is 4.90 Å². The molecule has 0 saturated carbocycles. The molecule has 0 radical (unpaired) electrons. The SMILES string of the molecule is Oc1ccc(-c2ccc3cc(O)ccc3c2)c(Cc2ccc(OCCN3CCCCCC3)cc2)c1. The van der Waals surface area contributed by atoms with Crippen LogP contribution in [0.15, 0.2) is 78.9 Å². The number of nitrogens with zero attached hydrogens (tertiary/aromatic N) is 1. The number of likely N-dealkylation sites (tertiary alicyclic amines) is 1. The van der Waals surface area contributed by atoms with Gasteiger partial charge in [0.25, 0.3) is 0 Å². The summed E-state index contributed by atoms with van der Waals surface area (Å²) in [6.07, 6.45) is 6.02. The first-order valence-corrected chi connectivity index (χ1v) is 12.6. The second kappa shape index (κ2) is 10.8. The molecule has 0 aliphatic carbocycles. The highest BCUT2D eigenvalue weighted by molar-refractivity contribution is 5.89. The van der Waals surface area contributed by atoms with Gasteiger partial charge < -0.3 is 14.9 Å². The van der Waals surface area contributed by atoms with Crippen LogP contribution in [0.1, 0.15) is 36.8 Å². The number of benzene rings is 4. The zero-order valence-electron chi connectivity index (χ0n) is 20.1. The van der Waals surface area contributed by atoms with Crippen molar-refractivity contribution in [3.05, 3.63) is 90.0 Å². The highest BCUT2D eigenvalue weighted by Gasteiger charge is 2.11. The molecule has 2 N–H and O–H groups in total. The smallest absolute Gasteiger partial charge is 0.119 e. The summed E-state index contributed by atoms with van der Waals surface area (Å²) in [6.45, 7) is 4.08. The number of aromatic hydroxyl groups is 2. The minimum atomic E-state index is 0.267. The Morgan fingerprint density at radius 3 is 2.17 bits per heavy atom. The van der Waals surface area contributed by atoms with Gasteiger partial charge >= 0.3 is 0 Å². The first-order valence-electron chi connectivity index (χ1n) is 12.6. The zero-order chi connectivity index (χ0) is 24.0. The summed E-state index contributed by atoms with van der Waals surface area (Å²) < 4.78 is 6.02. The minimum Gasteiger partial charge on any atom is -0.508 e. The Labute approximate surface area is 207 Å². The lowest BCUT2D eigenvalue weighted by molar-refractivity contribution is 0.214. The number of phenols is 2. The van der Waals surface area contributed by atoms with Crippen LogP contribution in [0.5, 0.6) is 17.2 Å². The third-order valence-electron chi connectivity index (χ3n) is 6.92. The molecule has 1 aliphatic heterocycles. The molecule has 0 aromatic heterocycles. The number of hydrogen-bond donors (Lipinski definition) is 2. The second-order valence-electron chi connectivity index (χ2n) is 9.51. The van der Waals surface area contributed by atoms with Crippen LogP contribution in [0, 0.1) is 0 Å². The maximum atomic E-state index is 10.2. The van der Waals surface area contributed by atoms with Crippen LogP contribution in [0.4, 0.5) is 0 Å². The van der Waals surface area contributed by atoms with Crippen LogP contribution in [-0.4, -0.2) is 41.4 Å². The summed E-state index contributed by atoms with van der Waals surface area (Å²) in [5, 5.41) is 22.0. The van der Waals surface area contributed by atoms with E-state index in [-0.39, 0.29) is 11.5 Å². The van der Waals surface area contributed by atoms with E-state index < -0.39 is 0 Å². The van der Waals surface area contributed by atoms with E-state index in [1.165, 1.54) is 44.3 Å². The normalized spacial score (nSPS) is 14.6. The number of fused-ring (bicyclic) bond motifs is 1. The Balaban J connectivity index is 1.28. The predicted octanol–water partition coefficient (Wildman–Crippen LogP) is 6.76. The van der Waals surface area contributed by atoms with Crippen molar-refractivity contribution in [2.75, 3.05) is 26.2 Å². The Bertz CT molecular complexity index is 1270. The van der Waals surface area contributed by atoms with Crippen LogP contribution >= 0.6 is 0 Å². The molecule has 4 nitrogen and oxygen atoms in total. The van der Waals surface area contributed by atoms with Gasteiger partial charge in [-0.1, -0.05) is 49.2 Å². The standard InChI is InChI=1S/C31H33NO3/c33-28-10-9-24-20-26(8-7-25(24)21-28)31-14-11-29(34)22-27(31)19-23-5-12-30(13-6-23)35-18-17-32-15-3-1-2-4-16-32/h5-14,20-22,33-34H,1-4,15-19H2. The van der Waals surface area contributed by atoms with Crippen LogP contribution < -0.4 is 4.74 Å². The van der Waals surface area contributed by atoms with Gasteiger partial charge in [-0.25, -0.2) is 0 Å². The lowest BCUT2D eigenvalue weighted by Crippen LogP contribution is -2.29. The fraction of sp³-hybridized carbons (Fsp3) is 0.290. The molecule has 4 aromatic carbocycles. The monoisotopic (exact) mass is 467 g/mol. The van der Waals surface area contributed by atoms with Crippen molar-refractivity contribution in [2.24, 2.45) is 0 Å². The largest absolute Gasteiger partial charge is 0.508 e. The highest BCUT2D eigenvalue weighted by Crippen LogP contribution is 2.32. The van der Waals surface area contributed by atoms with E-state index in [2.05, 4.69) is 29.2 Å². The average Bonchev–Trinajstić information content (AvgIpc) is 3.14. The Morgan fingerprint density at radius 1 is 0.686 bits per heavy atom. The van der Waals surface area contributed by atoms with E-state index in [0.29, 0.717) is 6.42 Å². The van der Waals surface area contributed by atoms with Crippen LogP contribution in [0.2, 0.25) is 0 Å². The maximum absolute atomic E-state index is 10.2. The van der Waals surface area contributed by atoms with Gasteiger partial charge in [-0.15, -0.1) is 0 Å².